The Labute approximate surface area is 46.2 Å². The Kier molecular flexibility index (Phi) is 3.77. The summed E-state index contributed by atoms with van der Waals surface area (Å²) >= 11 is 0. The molecule has 0 spiro atoms. The zero-order valence-electron chi connectivity index (χ0n) is 5.44. The maximum atomic E-state index is 2.22. The van der Waals surface area contributed by atoms with Crippen LogP contribution in [-0.2, 0) is 0 Å². The molecule has 0 amide bonds. The molecule has 0 aliphatic rings. The molecule has 0 aromatic carbocycles. The topological polar surface area (TPSA) is 0 Å². The van der Waals surface area contributed by atoms with E-state index < -0.39 is 0 Å². The van der Waals surface area contributed by atoms with Crippen molar-refractivity contribution in [2.45, 2.75) is 27.2 Å². The van der Waals surface area contributed by atoms with Gasteiger partial charge >= 0.3 is 0 Å². The molecule has 0 aliphatic carbocycles. The van der Waals surface area contributed by atoms with Gasteiger partial charge in [-0.1, -0.05) is 32.4 Å². The average molecular weight is 98.2 g/mol. The van der Waals surface area contributed by atoms with E-state index in [2.05, 4.69) is 32.9 Å². The van der Waals surface area contributed by atoms with E-state index in [-0.39, 0.29) is 0 Å². The highest BCUT2D eigenvalue weighted by atomic mass is 13.9. The Morgan fingerprint density at radius 1 is 1.57 bits per heavy atom. The second-order valence-electron chi connectivity index (χ2n) is 1.91. The van der Waals surface area contributed by atoms with E-state index in [9.17, 15) is 0 Å². The summed E-state index contributed by atoms with van der Waals surface area (Å²) in [6.45, 7) is 6.48. The number of rotatable bonds is 2. The highest BCUT2D eigenvalue weighted by Gasteiger charge is 1.85. The molecular formula is C7H14. The van der Waals surface area contributed by atoms with E-state index in [4.69, 9.17) is 0 Å². The van der Waals surface area contributed by atoms with Gasteiger partial charge in [0.2, 0.25) is 0 Å². The normalized spacial score (nSPS) is 15.3. The van der Waals surface area contributed by atoms with Crippen LogP contribution in [0.15, 0.2) is 12.2 Å². The third kappa shape index (κ3) is 3.57. The minimum absolute atomic E-state index is 0.769. The maximum absolute atomic E-state index is 2.22. The molecule has 0 heteroatoms. The molecule has 1 atom stereocenters. The van der Waals surface area contributed by atoms with Gasteiger partial charge in [-0.25, -0.2) is 0 Å². The lowest BCUT2D eigenvalue weighted by molar-refractivity contribution is 0.697. The van der Waals surface area contributed by atoms with Gasteiger partial charge in [0.05, 0.1) is 0 Å². The molecule has 0 rings (SSSR count). The van der Waals surface area contributed by atoms with E-state index in [1.54, 1.807) is 0 Å². The fraction of sp³-hybridized carbons (Fsp3) is 0.714. The van der Waals surface area contributed by atoms with Crippen LogP contribution in [0.2, 0.25) is 0 Å². The van der Waals surface area contributed by atoms with Gasteiger partial charge in [-0.05, 0) is 12.8 Å². The minimum Gasteiger partial charge on any atom is -0.0914 e. The minimum atomic E-state index is 0.769. The van der Waals surface area contributed by atoms with E-state index >= 15 is 0 Å². The third-order valence-electron chi connectivity index (χ3n) is 1.16. The van der Waals surface area contributed by atoms with Crippen LogP contribution in [0.5, 0.6) is 0 Å². The Morgan fingerprint density at radius 2 is 2.14 bits per heavy atom. The van der Waals surface area contributed by atoms with Crippen LogP contribution in [-0.4, -0.2) is 0 Å². The van der Waals surface area contributed by atoms with Crippen molar-refractivity contribution in [2.24, 2.45) is 5.92 Å². The Balaban J connectivity index is 3.16. The van der Waals surface area contributed by atoms with Crippen molar-refractivity contribution in [3.8, 4) is 0 Å². The summed E-state index contributed by atoms with van der Waals surface area (Å²) in [5, 5.41) is 0. The van der Waals surface area contributed by atoms with Gasteiger partial charge in [-0.3, -0.25) is 0 Å². The van der Waals surface area contributed by atoms with Crippen molar-refractivity contribution in [2.75, 3.05) is 0 Å². The van der Waals surface area contributed by atoms with Gasteiger partial charge < -0.3 is 0 Å². The van der Waals surface area contributed by atoms with Crippen molar-refractivity contribution in [1.82, 2.24) is 0 Å². The van der Waals surface area contributed by atoms with E-state index in [0.29, 0.717) is 0 Å². The lowest BCUT2D eigenvalue weighted by Crippen LogP contribution is -1.81. The summed E-state index contributed by atoms with van der Waals surface area (Å²) in [4.78, 5) is 0. The molecule has 0 aromatic heterocycles. The Bertz CT molecular complexity index is 53.1. The molecule has 1 unspecified atom stereocenters. The lowest BCUT2D eigenvalue weighted by atomic mass is 10.1. The van der Waals surface area contributed by atoms with E-state index in [0.717, 1.165) is 5.92 Å². The highest BCUT2D eigenvalue weighted by Crippen LogP contribution is 2.00. The quantitative estimate of drug-likeness (QED) is 0.466. The van der Waals surface area contributed by atoms with Crippen molar-refractivity contribution in [3.63, 3.8) is 0 Å². The van der Waals surface area contributed by atoms with Crippen LogP contribution in [0.4, 0.5) is 0 Å². The van der Waals surface area contributed by atoms with Gasteiger partial charge in [0.25, 0.3) is 0 Å². The van der Waals surface area contributed by atoms with Crippen molar-refractivity contribution < 1.29 is 0 Å². The first kappa shape index (κ1) is 6.74. The maximum Gasteiger partial charge on any atom is -0.0265 e. The lowest BCUT2D eigenvalue weighted by Gasteiger charge is -1.95. The number of allylic oxidation sites excluding steroid dienone is 2. The molecule has 0 bridgehead atoms. The van der Waals surface area contributed by atoms with Gasteiger partial charge in [0.1, 0.15) is 0 Å². The number of hydrogen-bond acceptors (Lipinski definition) is 0. The van der Waals surface area contributed by atoms with Gasteiger partial charge in [-0.2, -0.15) is 0 Å². The zero-order chi connectivity index (χ0) is 5.70. The molecular weight excluding hydrogens is 84.1 g/mol. The van der Waals surface area contributed by atoms with Gasteiger partial charge in [0.15, 0.2) is 0 Å². The third-order valence-corrected chi connectivity index (χ3v) is 1.16. The molecule has 0 radical (unpaired) electrons. The van der Waals surface area contributed by atoms with Crippen LogP contribution in [0, 0.1) is 5.92 Å². The summed E-state index contributed by atoms with van der Waals surface area (Å²) in [5.41, 5.74) is 0. The Morgan fingerprint density at radius 3 is 2.29 bits per heavy atom. The van der Waals surface area contributed by atoms with Gasteiger partial charge in [0, 0.05) is 0 Å². The second kappa shape index (κ2) is 3.91. The van der Waals surface area contributed by atoms with Crippen LogP contribution in [0.25, 0.3) is 0 Å². The summed E-state index contributed by atoms with van der Waals surface area (Å²) in [6, 6.07) is 0. The SMILES string of the molecule is C/C=C\C(C)CC. The molecule has 0 N–H and O–H groups in total. The van der Waals surface area contributed by atoms with Crippen LogP contribution >= 0.6 is 0 Å². The fourth-order valence-electron chi connectivity index (χ4n) is 0.465. The van der Waals surface area contributed by atoms with E-state index in [1.165, 1.54) is 6.42 Å². The van der Waals surface area contributed by atoms with Gasteiger partial charge in [-0.15, -0.1) is 0 Å². The molecule has 0 heterocycles. The fourth-order valence-corrected chi connectivity index (χ4v) is 0.465. The monoisotopic (exact) mass is 98.1 g/mol. The first-order valence-corrected chi connectivity index (χ1v) is 2.94. The molecule has 7 heavy (non-hydrogen) atoms. The highest BCUT2D eigenvalue weighted by molar-refractivity contribution is 4.81. The van der Waals surface area contributed by atoms with Crippen LogP contribution < -0.4 is 0 Å². The predicted molar refractivity (Wildman–Crippen MR) is 34.3 cm³/mol. The van der Waals surface area contributed by atoms with Crippen molar-refractivity contribution in [1.29, 1.82) is 0 Å². The first-order valence-electron chi connectivity index (χ1n) is 2.94. The molecule has 0 aromatic rings. The zero-order valence-corrected chi connectivity index (χ0v) is 5.44. The van der Waals surface area contributed by atoms with E-state index in [1.807, 2.05) is 0 Å². The average Bonchev–Trinajstić information content (AvgIpc) is 1.68. The van der Waals surface area contributed by atoms with Crippen LogP contribution in [0.3, 0.4) is 0 Å². The first-order chi connectivity index (χ1) is 3.31. The summed E-state index contributed by atoms with van der Waals surface area (Å²) < 4.78 is 0. The Hall–Kier alpha value is -0.260. The summed E-state index contributed by atoms with van der Waals surface area (Å²) in [7, 11) is 0. The molecule has 0 saturated carbocycles. The second-order valence-corrected chi connectivity index (χ2v) is 1.91. The largest absolute Gasteiger partial charge is 0.0914 e. The summed E-state index contributed by atoms with van der Waals surface area (Å²) in [5.74, 6) is 0.769. The standard InChI is InChI=1S/C7H14/c1-4-6-7(3)5-2/h4,6-7H,5H2,1-3H3/b6-4-. The molecule has 0 aliphatic heterocycles. The number of hydrogen-bond donors (Lipinski definition) is 0. The van der Waals surface area contributed by atoms with Crippen molar-refractivity contribution >= 4 is 0 Å². The van der Waals surface area contributed by atoms with Crippen LogP contribution in [0.1, 0.15) is 27.2 Å². The smallest absolute Gasteiger partial charge is 0.0265 e. The predicted octanol–water partition coefficient (Wildman–Crippen LogP) is 2.61. The molecule has 0 nitrogen and oxygen atoms in total. The summed E-state index contributed by atoms with van der Waals surface area (Å²) in [6.07, 6.45) is 5.58. The van der Waals surface area contributed by atoms with Crippen molar-refractivity contribution in [3.05, 3.63) is 12.2 Å². The molecule has 0 fully saturated rings. The molecule has 42 valence electrons. The molecule has 0 saturated heterocycles.